The fourth-order valence-electron chi connectivity index (χ4n) is 6.72. The molecule has 0 radical (unpaired) electrons. The summed E-state index contributed by atoms with van der Waals surface area (Å²) in [5.74, 6) is 2.34. The predicted octanol–water partition coefficient (Wildman–Crippen LogP) is 7.11. The second-order valence-electron chi connectivity index (χ2n) is 11.1. The highest BCUT2D eigenvalue weighted by Crippen LogP contribution is 2.59. The topological polar surface area (TPSA) is 40.5 Å². The standard InChI is InChI=1S/C26H44O2.CH4S/c1-19(8-6-16-25(2,3)28)23-14-15-24-21(10-7-17-26(23,24)4)13-12-20-9-5-11-22(27)18-20;1-2/h12-13,19,22-24,27-28H,5-11,14-18H2,1-4H3;2H,1H3/b20-12-,21-13+;/t19-,22?,23?,24?,26-;/m1./s1. The molecular formula is C27H48O2S. The summed E-state index contributed by atoms with van der Waals surface area (Å²) in [5, 5.41) is 20.0. The van der Waals surface area contributed by atoms with Gasteiger partial charge in [-0.15, -0.1) is 0 Å². The molecule has 0 spiro atoms. The van der Waals surface area contributed by atoms with E-state index in [1.807, 2.05) is 13.8 Å². The molecule has 0 heterocycles. The molecule has 3 aliphatic rings. The quantitative estimate of drug-likeness (QED) is 0.388. The van der Waals surface area contributed by atoms with Crippen LogP contribution in [-0.4, -0.2) is 28.2 Å². The minimum Gasteiger partial charge on any atom is -0.393 e. The lowest BCUT2D eigenvalue weighted by molar-refractivity contribution is 0.0596. The Balaban J connectivity index is 0.00000155. The first kappa shape index (κ1) is 26.0. The Hall–Kier alpha value is -0.250. The number of hydrogen-bond donors (Lipinski definition) is 3. The number of aliphatic hydroxyl groups is 2. The van der Waals surface area contributed by atoms with E-state index in [0.717, 1.165) is 49.9 Å². The summed E-state index contributed by atoms with van der Waals surface area (Å²) in [6, 6.07) is 0. The van der Waals surface area contributed by atoms with Gasteiger partial charge in [-0.25, -0.2) is 0 Å². The van der Waals surface area contributed by atoms with Crippen LogP contribution in [0.25, 0.3) is 0 Å². The van der Waals surface area contributed by atoms with Crippen LogP contribution in [0.1, 0.15) is 105 Å². The average molecular weight is 437 g/mol. The van der Waals surface area contributed by atoms with E-state index < -0.39 is 5.60 Å². The highest BCUT2D eigenvalue weighted by molar-refractivity contribution is 7.79. The Morgan fingerprint density at radius 3 is 2.53 bits per heavy atom. The van der Waals surface area contributed by atoms with Crippen molar-refractivity contribution in [1.82, 2.24) is 0 Å². The van der Waals surface area contributed by atoms with Crippen LogP contribution in [0, 0.1) is 23.2 Å². The van der Waals surface area contributed by atoms with Crippen molar-refractivity contribution in [2.45, 2.75) is 116 Å². The van der Waals surface area contributed by atoms with E-state index in [-0.39, 0.29) is 6.10 Å². The number of thiol groups is 1. The van der Waals surface area contributed by atoms with E-state index in [0.29, 0.717) is 5.41 Å². The molecule has 0 aromatic carbocycles. The maximum absolute atomic E-state index is 10.0. The van der Waals surface area contributed by atoms with Crippen molar-refractivity contribution in [3.63, 3.8) is 0 Å². The van der Waals surface area contributed by atoms with Crippen LogP contribution in [0.4, 0.5) is 0 Å². The lowest BCUT2D eigenvalue weighted by atomic mass is 9.60. The van der Waals surface area contributed by atoms with Gasteiger partial charge < -0.3 is 10.2 Å². The number of hydrogen-bond acceptors (Lipinski definition) is 3. The summed E-state index contributed by atoms with van der Waals surface area (Å²) in [5.41, 5.74) is 3.08. The molecule has 3 unspecified atom stereocenters. The van der Waals surface area contributed by atoms with Crippen molar-refractivity contribution in [3.05, 3.63) is 23.3 Å². The zero-order valence-electron chi connectivity index (χ0n) is 20.3. The molecule has 0 aromatic rings. The molecule has 3 fully saturated rings. The lowest BCUT2D eigenvalue weighted by Gasteiger charge is -2.44. The van der Waals surface area contributed by atoms with Crippen LogP contribution in [-0.2, 0) is 0 Å². The SMILES string of the molecule is CS.C[C@H](CCCC(C)(C)O)C1CCC2/C(=C/C=C3/CCCC(O)C3)CCC[C@@]21C. The fourth-order valence-corrected chi connectivity index (χ4v) is 6.72. The molecule has 0 aliphatic heterocycles. The first-order chi connectivity index (χ1) is 14.2. The van der Waals surface area contributed by atoms with Gasteiger partial charge in [-0.3, -0.25) is 0 Å². The van der Waals surface area contributed by atoms with E-state index >= 15 is 0 Å². The maximum atomic E-state index is 10.0. The number of allylic oxidation sites excluding steroid dienone is 3. The molecule has 0 amide bonds. The van der Waals surface area contributed by atoms with Gasteiger partial charge in [-0.05, 0) is 107 Å². The summed E-state index contributed by atoms with van der Waals surface area (Å²) in [6.45, 7) is 8.91. The summed E-state index contributed by atoms with van der Waals surface area (Å²) >= 11 is 3.53. The fraction of sp³-hybridized carbons (Fsp3) is 0.852. The highest BCUT2D eigenvalue weighted by Gasteiger charge is 2.50. The van der Waals surface area contributed by atoms with E-state index in [1.54, 1.807) is 11.8 Å². The monoisotopic (exact) mass is 436 g/mol. The normalized spacial score (nSPS) is 35.7. The van der Waals surface area contributed by atoms with Gasteiger partial charge in [0.25, 0.3) is 0 Å². The molecule has 174 valence electrons. The van der Waals surface area contributed by atoms with Crippen molar-refractivity contribution in [2.24, 2.45) is 23.2 Å². The third-order valence-electron chi connectivity index (χ3n) is 8.24. The smallest absolute Gasteiger partial charge is 0.0591 e. The van der Waals surface area contributed by atoms with Gasteiger partial charge in [-0.2, -0.15) is 12.6 Å². The summed E-state index contributed by atoms with van der Waals surface area (Å²) in [6.07, 6.45) is 20.6. The Kier molecular flexibility index (Phi) is 10.0. The summed E-state index contributed by atoms with van der Waals surface area (Å²) < 4.78 is 0. The molecule has 2 N–H and O–H groups in total. The van der Waals surface area contributed by atoms with Gasteiger partial charge in [0.05, 0.1) is 11.7 Å². The molecule has 5 atom stereocenters. The van der Waals surface area contributed by atoms with Crippen molar-refractivity contribution in [2.75, 3.05) is 6.26 Å². The van der Waals surface area contributed by atoms with Crippen molar-refractivity contribution in [3.8, 4) is 0 Å². The van der Waals surface area contributed by atoms with Crippen LogP contribution in [0.3, 0.4) is 0 Å². The average Bonchev–Trinajstić information content (AvgIpc) is 3.04. The number of aliphatic hydroxyl groups excluding tert-OH is 1. The van der Waals surface area contributed by atoms with Crippen LogP contribution in [0.2, 0.25) is 0 Å². The zero-order valence-corrected chi connectivity index (χ0v) is 21.2. The minimum absolute atomic E-state index is 0.115. The molecule has 3 rings (SSSR count). The molecule has 0 aromatic heterocycles. The van der Waals surface area contributed by atoms with E-state index in [1.165, 1.54) is 50.5 Å². The van der Waals surface area contributed by atoms with Gasteiger partial charge in [0.2, 0.25) is 0 Å². The van der Waals surface area contributed by atoms with Crippen molar-refractivity contribution < 1.29 is 10.2 Å². The Labute approximate surface area is 192 Å². The third kappa shape index (κ3) is 6.87. The molecular weight excluding hydrogens is 388 g/mol. The molecule has 2 nitrogen and oxygen atoms in total. The van der Waals surface area contributed by atoms with Gasteiger partial charge >= 0.3 is 0 Å². The number of rotatable bonds is 6. The van der Waals surface area contributed by atoms with Crippen molar-refractivity contribution >= 4 is 12.6 Å². The van der Waals surface area contributed by atoms with Gasteiger partial charge in [-0.1, -0.05) is 50.0 Å². The maximum Gasteiger partial charge on any atom is 0.0591 e. The summed E-state index contributed by atoms with van der Waals surface area (Å²) in [7, 11) is 0. The third-order valence-corrected chi connectivity index (χ3v) is 8.24. The second-order valence-corrected chi connectivity index (χ2v) is 11.1. The van der Waals surface area contributed by atoms with E-state index in [2.05, 4.69) is 38.6 Å². The van der Waals surface area contributed by atoms with Gasteiger partial charge in [0.15, 0.2) is 0 Å². The Morgan fingerprint density at radius 1 is 1.13 bits per heavy atom. The lowest BCUT2D eigenvalue weighted by Crippen LogP contribution is -2.36. The second kappa shape index (κ2) is 11.6. The number of fused-ring (bicyclic) bond motifs is 1. The Bertz CT molecular complexity index is 588. The molecule has 0 bridgehead atoms. The largest absolute Gasteiger partial charge is 0.393 e. The zero-order chi connectivity index (χ0) is 22.4. The van der Waals surface area contributed by atoms with E-state index in [9.17, 15) is 10.2 Å². The highest BCUT2D eigenvalue weighted by atomic mass is 32.1. The Morgan fingerprint density at radius 2 is 1.87 bits per heavy atom. The first-order valence-corrected chi connectivity index (χ1v) is 13.3. The van der Waals surface area contributed by atoms with Crippen LogP contribution < -0.4 is 0 Å². The van der Waals surface area contributed by atoms with Crippen LogP contribution >= 0.6 is 12.6 Å². The van der Waals surface area contributed by atoms with Gasteiger partial charge in [0.1, 0.15) is 0 Å². The minimum atomic E-state index is -0.525. The first-order valence-electron chi connectivity index (χ1n) is 12.4. The van der Waals surface area contributed by atoms with E-state index in [4.69, 9.17) is 0 Å². The molecule has 3 saturated carbocycles. The van der Waals surface area contributed by atoms with Crippen molar-refractivity contribution in [1.29, 1.82) is 0 Å². The summed E-state index contributed by atoms with van der Waals surface area (Å²) in [4.78, 5) is 0. The molecule has 3 aliphatic carbocycles. The van der Waals surface area contributed by atoms with Crippen LogP contribution in [0.15, 0.2) is 23.3 Å². The van der Waals surface area contributed by atoms with Gasteiger partial charge in [0, 0.05) is 0 Å². The molecule has 0 saturated heterocycles. The van der Waals surface area contributed by atoms with Crippen LogP contribution in [0.5, 0.6) is 0 Å². The predicted molar refractivity (Wildman–Crippen MR) is 133 cm³/mol. The molecule has 3 heteroatoms. The molecule has 30 heavy (non-hydrogen) atoms.